The van der Waals surface area contributed by atoms with Gasteiger partial charge in [-0.3, -0.25) is 4.79 Å². The zero-order valence-corrected chi connectivity index (χ0v) is 8.53. The van der Waals surface area contributed by atoms with Crippen molar-refractivity contribution < 1.29 is 4.79 Å². The molecule has 0 saturated carbocycles. The van der Waals surface area contributed by atoms with E-state index in [9.17, 15) is 4.79 Å². The molecule has 2 aromatic rings. The van der Waals surface area contributed by atoms with Crippen LogP contribution < -0.4 is 0 Å². The SMILES string of the molecule is CCc1[nH]c(C=O)nc1-c1ccccc1. The van der Waals surface area contributed by atoms with Crippen molar-refractivity contribution in [2.75, 3.05) is 0 Å². The maximum Gasteiger partial charge on any atom is 0.185 e. The van der Waals surface area contributed by atoms with Crippen molar-refractivity contribution in [1.29, 1.82) is 0 Å². The average molecular weight is 200 g/mol. The lowest BCUT2D eigenvalue weighted by Gasteiger charge is -1.98. The molecule has 0 radical (unpaired) electrons. The molecular formula is C12H12N2O. The average Bonchev–Trinajstić information content (AvgIpc) is 2.73. The first-order valence-electron chi connectivity index (χ1n) is 4.94. The van der Waals surface area contributed by atoms with Gasteiger partial charge in [0, 0.05) is 11.3 Å². The minimum absolute atomic E-state index is 0.394. The third kappa shape index (κ3) is 1.81. The molecule has 15 heavy (non-hydrogen) atoms. The maximum absolute atomic E-state index is 10.6. The van der Waals surface area contributed by atoms with E-state index in [-0.39, 0.29) is 0 Å². The van der Waals surface area contributed by atoms with Gasteiger partial charge in [-0.05, 0) is 6.42 Å². The number of nitrogens with zero attached hydrogens (tertiary/aromatic N) is 1. The van der Waals surface area contributed by atoms with Gasteiger partial charge in [0.15, 0.2) is 12.1 Å². The largest absolute Gasteiger partial charge is 0.339 e. The second-order valence-electron chi connectivity index (χ2n) is 3.29. The Kier molecular flexibility index (Phi) is 2.63. The van der Waals surface area contributed by atoms with Crippen LogP contribution in [0.15, 0.2) is 30.3 Å². The van der Waals surface area contributed by atoms with E-state index in [0.717, 1.165) is 29.7 Å². The molecule has 0 aliphatic carbocycles. The van der Waals surface area contributed by atoms with Crippen LogP contribution >= 0.6 is 0 Å². The van der Waals surface area contributed by atoms with Gasteiger partial charge in [-0.15, -0.1) is 0 Å². The Morgan fingerprint density at radius 2 is 2.07 bits per heavy atom. The van der Waals surface area contributed by atoms with E-state index < -0.39 is 0 Å². The molecule has 3 nitrogen and oxygen atoms in total. The van der Waals surface area contributed by atoms with Gasteiger partial charge in [-0.25, -0.2) is 4.98 Å². The van der Waals surface area contributed by atoms with Gasteiger partial charge in [0.05, 0.1) is 5.69 Å². The monoisotopic (exact) mass is 200 g/mol. The van der Waals surface area contributed by atoms with Gasteiger partial charge < -0.3 is 4.98 Å². The van der Waals surface area contributed by atoms with Crippen molar-refractivity contribution in [2.24, 2.45) is 0 Å². The highest BCUT2D eigenvalue weighted by molar-refractivity contribution is 5.73. The van der Waals surface area contributed by atoms with E-state index in [1.54, 1.807) is 0 Å². The number of carbonyl (C=O) groups excluding carboxylic acids is 1. The molecule has 0 amide bonds. The molecule has 0 fully saturated rings. The van der Waals surface area contributed by atoms with Crippen LogP contribution in [0.2, 0.25) is 0 Å². The summed E-state index contributed by atoms with van der Waals surface area (Å²) in [5.41, 5.74) is 2.92. The van der Waals surface area contributed by atoms with Crippen molar-refractivity contribution in [2.45, 2.75) is 13.3 Å². The van der Waals surface area contributed by atoms with Crippen molar-refractivity contribution in [1.82, 2.24) is 9.97 Å². The molecule has 2 rings (SSSR count). The molecule has 0 spiro atoms. The maximum atomic E-state index is 10.6. The van der Waals surface area contributed by atoms with Crippen LogP contribution in [0.25, 0.3) is 11.3 Å². The fraction of sp³-hybridized carbons (Fsp3) is 0.167. The molecule has 1 aromatic carbocycles. The number of nitrogens with one attached hydrogen (secondary N) is 1. The van der Waals surface area contributed by atoms with E-state index in [2.05, 4.69) is 9.97 Å². The number of hydrogen-bond donors (Lipinski definition) is 1. The van der Waals surface area contributed by atoms with E-state index in [4.69, 9.17) is 0 Å². The molecule has 76 valence electrons. The van der Waals surface area contributed by atoms with Gasteiger partial charge in [0.2, 0.25) is 0 Å². The Labute approximate surface area is 88.2 Å². The summed E-state index contributed by atoms with van der Waals surface area (Å²) in [4.78, 5) is 17.9. The van der Waals surface area contributed by atoms with Crippen molar-refractivity contribution in [3.05, 3.63) is 41.9 Å². The smallest absolute Gasteiger partial charge is 0.185 e. The number of H-pyrrole nitrogens is 1. The van der Waals surface area contributed by atoms with Gasteiger partial charge in [0.1, 0.15) is 0 Å². The molecule has 0 unspecified atom stereocenters. The number of aryl methyl sites for hydroxylation is 1. The number of rotatable bonds is 3. The number of aromatic nitrogens is 2. The molecule has 0 atom stereocenters. The highest BCUT2D eigenvalue weighted by Crippen LogP contribution is 2.21. The summed E-state index contributed by atoms with van der Waals surface area (Å²) < 4.78 is 0. The molecule has 0 aliphatic rings. The molecule has 0 saturated heterocycles. The van der Waals surface area contributed by atoms with E-state index in [1.807, 2.05) is 37.3 Å². The van der Waals surface area contributed by atoms with Crippen LogP contribution in [-0.4, -0.2) is 16.3 Å². The Morgan fingerprint density at radius 3 is 2.67 bits per heavy atom. The third-order valence-corrected chi connectivity index (χ3v) is 2.31. The predicted molar refractivity (Wildman–Crippen MR) is 58.8 cm³/mol. The van der Waals surface area contributed by atoms with E-state index >= 15 is 0 Å². The first kappa shape index (κ1) is 9.65. The highest BCUT2D eigenvalue weighted by Gasteiger charge is 2.09. The van der Waals surface area contributed by atoms with Crippen LogP contribution in [0.4, 0.5) is 0 Å². The zero-order chi connectivity index (χ0) is 10.7. The van der Waals surface area contributed by atoms with Gasteiger partial charge in [-0.2, -0.15) is 0 Å². The zero-order valence-electron chi connectivity index (χ0n) is 8.53. The Morgan fingerprint density at radius 1 is 1.33 bits per heavy atom. The van der Waals surface area contributed by atoms with Crippen LogP contribution in [0.5, 0.6) is 0 Å². The first-order chi connectivity index (χ1) is 7.35. The summed E-state index contributed by atoms with van der Waals surface area (Å²) in [6, 6.07) is 9.87. The number of aromatic amines is 1. The van der Waals surface area contributed by atoms with Crippen molar-refractivity contribution >= 4 is 6.29 Å². The summed E-state index contributed by atoms with van der Waals surface area (Å²) in [5, 5.41) is 0. The lowest BCUT2D eigenvalue weighted by molar-refractivity contribution is 0.111. The predicted octanol–water partition coefficient (Wildman–Crippen LogP) is 2.45. The molecule has 1 heterocycles. The fourth-order valence-corrected chi connectivity index (χ4v) is 1.58. The van der Waals surface area contributed by atoms with E-state index in [0.29, 0.717) is 5.82 Å². The Hall–Kier alpha value is -1.90. The highest BCUT2D eigenvalue weighted by atomic mass is 16.1. The Bertz CT molecular complexity index is 460. The molecule has 3 heteroatoms. The Balaban J connectivity index is 2.52. The lowest BCUT2D eigenvalue weighted by Crippen LogP contribution is -1.85. The molecule has 0 aliphatic heterocycles. The van der Waals surface area contributed by atoms with Crippen molar-refractivity contribution in [3.63, 3.8) is 0 Å². The minimum atomic E-state index is 0.394. The van der Waals surface area contributed by atoms with Gasteiger partial charge in [0.25, 0.3) is 0 Å². The lowest BCUT2D eigenvalue weighted by atomic mass is 10.1. The molecule has 0 bridgehead atoms. The summed E-state index contributed by atoms with van der Waals surface area (Å²) in [5.74, 6) is 0.394. The number of hydrogen-bond acceptors (Lipinski definition) is 2. The minimum Gasteiger partial charge on any atom is -0.339 e. The van der Waals surface area contributed by atoms with Crippen LogP contribution in [0.3, 0.4) is 0 Å². The summed E-state index contributed by atoms with van der Waals surface area (Å²) >= 11 is 0. The second-order valence-corrected chi connectivity index (χ2v) is 3.29. The summed E-state index contributed by atoms with van der Waals surface area (Å²) in [6.45, 7) is 2.04. The second kappa shape index (κ2) is 4.09. The topological polar surface area (TPSA) is 45.8 Å². The number of aldehydes is 1. The summed E-state index contributed by atoms with van der Waals surface area (Å²) in [7, 11) is 0. The van der Waals surface area contributed by atoms with Gasteiger partial charge >= 0.3 is 0 Å². The third-order valence-electron chi connectivity index (χ3n) is 2.31. The number of benzene rings is 1. The normalized spacial score (nSPS) is 10.2. The van der Waals surface area contributed by atoms with Crippen LogP contribution in [0.1, 0.15) is 23.2 Å². The number of carbonyl (C=O) groups is 1. The van der Waals surface area contributed by atoms with Crippen LogP contribution in [-0.2, 0) is 6.42 Å². The van der Waals surface area contributed by atoms with Gasteiger partial charge in [-0.1, -0.05) is 37.3 Å². The number of imidazole rings is 1. The van der Waals surface area contributed by atoms with E-state index in [1.165, 1.54) is 0 Å². The first-order valence-corrected chi connectivity index (χ1v) is 4.94. The standard InChI is InChI=1S/C12H12N2O/c1-2-10-12(14-11(8-15)13-10)9-6-4-3-5-7-9/h3-8H,2H2,1H3,(H,13,14). The molecular weight excluding hydrogens is 188 g/mol. The molecule has 1 aromatic heterocycles. The van der Waals surface area contributed by atoms with Crippen molar-refractivity contribution in [3.8, 4) is 11.3 Å². The fourth-order valence-electron chi connectivity index (χ4n) is 1.58. The summed E-state index contributed by atoms with van der Waals surface area (Å²) in [6.07, 6.45) is 1.58. The quantitative estimate of drug-likeness (QED) is 0.773. The van der Waals surface area contributed by atoms with Crippen LogP contribution in [0, 0.1) is 0 Å². The molecule has 1 N–H and O–H groups in total.